The van der Waals surface area contributed by atoms with Gasteiger partial charge in [0.25, 0.3) is 10.1 Å². The van der Waals surface area contributed by atoms with Crippen molar-refractivity contribution in [1.82, 2.24) is 0 Å². The molecule has 0 heterocycles. The normalized spacial score (nSPS) is 17.9. The van der Waals surface area contributed by atoms with E-state index in [2.05, 4.69) is 0 Å². The molecule has 1 aromatic rings. The molecule has 1 aliphatic carbocycles. The molecule has 0 unspecified atom stereocenters. The molecule has 0 aromatic heterocycles. The van der Waals surface area contributed by atoms with Crippen LogP contribution in [0.5, 0.6) is 0 Å². The van der Waals surface area contributed by atoms with Crippen molar-refractivity contribution >= 4 is 15.8 Å². The highest BCUT2D eigenvalue weighted by molar-refractivity contribution is 7.86. The SMILES string of the molecule is Nc1ccc(S(=O)(=O)OC2CCCCC2)cc1C(F)(F)F. The topological polar surface area (TPSA) is 69.4 Å². The molecule has 0 atom stereocenters. The first-order chi connectivity index (χ1) is 9.70. The van der Waals surface area contributed by atoms with E-state index in [1.165, 1.54) is 0 Å². The Bertz CT molecular complexity index is 608. The third-order valence-electron chi connectivity index (χ3n) is 3.43. The fraction of sp³-hybridized carbons (Fsp3) is 0.538. The molecule has 2 N–H and O–H groups in total. The highest BCUT2D eigenvalue weighted by atomic mass is 32.2. The number of benzene rings is 1. The van der Waals surface area contributed by atoms with Crippen LogP contribution < -0.4 is 5.73 Å². The van der Waals surface area contributed by atoms with Gasteiger partial charge in [-0.05, 0) is 31.0 Å². The Kier molecular flexibility index (Phi) is 4.48. The monoisotopic (exact) mass is 323 g/mol. The van der Waals surface area contributed by atoms with Crippen LogP contribution in [0.15, 0.2) is 23.1 Å². The summed E-state index contributed by atoms with van der Waals surface area (Å²) >= 11 is 0. The number of rotatable bonds is 3. The van der Waals surface area contributed by atoms with Gasteiger partial charge in [-0.3, -0.25) is 4.18 Å². The average molecular weight is 323 g/mol. The van der Waals surface area contributed by atoms with E-state index in [4.69, 9.17) is 9.92 Å². The summed E-state index contributed by atoms with van der Waals surface area (Å²) in [4.78, 5) is -0.519. The summed E-state index contributed by atoms with van der Waals surface area (Å²) in [6, 6.07) is 2.48. The lowest BCUT2D eigenvalue weighted by Crippen LogP contribution is -2.21. The Hall–Kier alpha value is -1.28. The molecule has 0 radical (unpaired) electrons. The van der Waals surface area contributed by atoms with E-state index in [1.807, 2.05) is 0 Å². The van der Waals surface area contributed by atoms with E-state index in [0.29, 0.717) is 18.9 Å². The molecule has 0 amide bonds. The van der Waals surface area contributed by atoms with Crippen molar-refractivity contribution in [2.24, 2.45) is 0 Å². The van der Waals surface area contributed by atoms with Crippen LogP contribution in [0.2, 0.25) is 0 Å². The molecule has 2 rings (SSSR count). The van der Waals surface area contributed by atoms with Crippen molar-refractivity contribution < 1.29 is 25.8 Å². The maximum atomic E-state index is 12.8. The van der Waals surface area contributed by atoms with Crippen molar-refractivity contribution in [1.29, 1.82) is 0 Å². The van der Waals surface area contributed by atoms with E-state index in [9.17, 15) is 21.6 Å². The molecule has 0 bridgehead atoms. The maximum Gasteiger partial charge on any atom is 0.418 e. The summed E-state index contributed by atoms with van der Waals surface area (Å²) in [5.41, 5.74) is 3.56. The fourth-order valence-electron chi connectivity index (χ4n) is 2.33. The van der Waals surface area contributed by atoms with Gasteiger partial charge in [-0.2, -0.15) is 21.6 Å². The lowest BCUT2D eigenvalue weighted by molar-refractivity contribution is -0.137. The van der Waals surface area contributed by atoms with Gasteiger partial charge in [0.2, 0.25) is 0 Å². The molecule has 1 fully saturated rings. The van der Waals surface area contributed by atoms with Crippen LogP contribution in [0.25, 0.3) is 0 Å². The van der Waals surface area contributed by atoms with Crippen LogP contribution in [0.1, 0.15) is 37.7 Å². The molecule has 0 aliphatic heterocycles. The summed E-state index contributed by atoms with van der Waals surface area (Å²) < 4.78 is 67.4. The molecule has 0 spiro atoms. The first-order valence-corrected chi connectivity index (χ1v) is 8.01. The average Bonchev–Trinajstić information content (AvgIpc) is 2.38. The van der Waals surface area contributed by atoms with E-state index >= 15 is 0 Å². The summed E-state index contributed by atoms with van der Waals surface area (Å²) in [6.45, 7) is 0. The highest BCUT2D eigenvalue weighted by Gasteiger charge is 2.35. The Morgan fingerprint density at radius 3 is 2.33 bits per heavy atom. The van der Waals surface area contributed by atoms with Gasteiger partial charge in [-0.1, -0.05) is 19.3 Å². The largest absolute Gasteiger partial charge is 0.418 e. The Balaban J connectivity index is 2.27. The number of hydrogen-bond acceptors (Lipinski definition) is 4. The summed E-state index contributed by atoms with van der Waals surface area (Å²) in [5, 5.41) is 0. The Morgan fingerprint density at radius 1 is 1.14 bits per heavy atom. The molecule has 118 valence electrons. The lowest BCUT2D eigenvalue weighted by atomic mass is 9.98. The van der Waals surface area contributed by atoms with Crippen molar-refractivity contribution in [2.75, 3.05) is 5.73 Å². The van der Waals surface area contributed by atoms with E-state index in [1.54, 1.807) is 0 Å². The molecule has 4 nitrogen and oxygen atoms in total. The molecule has 1 aromatic carbocycles. The van der Waals surface area contributed by atoms with Gasteiger partial charge >= 0.3 is 6.18 Å². The lowest BCUT2D eigenvalue weighted by Gasteiger charge is -2.21. The van der Waals surface area contributed by atoms with Crippen LogP contribution in [0.4, 0.5) is 18.9 Å². The van der Waals surface area contributed by atoms with E-state index in [-0.39, 0.29) is 0 Å². The minimum Gasteiger partial charge on any atom is -0.398 e. The first-order valence-electron chi connectivity index (χ1n) is 6.60. The summed E-state index contributed by atoms with van der Waals surface area (Å²) in [6.07, 6.45) is -1.25. The maximum absolute atomic E-state index is 12.8. The zero-order valence-electron chi connectivity index (χ0n) is 11.2. The molecule has 0 saturated heterocycles. The minimum absolute atomic E-state index is 0.462. The third-order valence-corrected chi connectivity index (χ3v) is 4.79. The van der Waals surface area contributed by atoms with E-state index < -0.39 is 38.5 Å². The Morgan fingerprint density at radius 2 is 1.76 bits per heavy atom. The first kappa shape index (κ1) is 16.1. The number of alkyl halides is 3. The van der Waals surface area contributed by atoms with Gasteiger partial charge < -0.3 is 5.73 Å². The van der Waals surface area contributed by atoms with Gasteiger partial charge in [0.1, 0.15) is 0 Å². The highest BCUT2D eigenvalue weighted by Crippen LogP contribution is 2.35. The zero-order chi connectivity index (χ0) is 15.7. The molecule has 1 saturated carbocycles. The van der Waals surface area contributed by atoms with Crippen molar-refractivity contribution in [2.45, 2.75) is 49.3 Å². The fourth-order valence-corrected chi connectivity index (χ4v) is 3.49. The van der Waals surface area contributed by atoms with Crippen molar-refractivity contribution in [3.63, 3.8) is 0 Å². The number of nitrogen functional groups attached to an aromatic ring is 1. The molecule has 21 heavy (non-hydrogen) atoms. The predicted octanol–water partition coefficient (Wildman–Crippen LogP) is 3.33. The van der Waals surface area contributed by atoms with Crippen LogP contribution in [0, 0.1) is 0 Å². The number of hydrogen-bond donors (Lipinski definition) is 1. The van der Waals surface area contributed by atoms with Crippen molar-refractivity contribution in [3.8, 4) is 0 Å². The van der Waals surface area contributed by atoms with Gasteiger partial charge in [-0.25, -0.2) is 0 Å². The van der Waals surface area contributed by atoms with Crippen LogP contribution in [-0.4, -0.2) is 14.5 Å². The summed E-state index contributed by atoms with van der Waals surface area (Å²) in [5.74, 6) is 0. The molecule has 8 heteroatoms. The minimum atomic E-state index is -4.71. The van der Waals surface area contributed by atoms with Crippen molar-refractivity contribution in [3.05, 3.63) is 23.8 Å². The second-order valence-electron chi connectivity index (χ2n) is 5.06. The third kappa shape index (κ3) is 3.88. The predicted molar refractivity (Wildman–Crippen MR) is 71.0 cm³/mol. The van der Waals surface area contributed by atoms with Gasteiger partial charge in [-0.15, -0.1) is 0 Å². The van der Waals surface area contributed by atoms with Gasteiger partial charge in [0.05, 0.1) is 16.6 Å². The van der Waals surface area contributed by atoms with E-state index in [0.717, 1.165) is 31.4 Å². The number of nitrogens with two attached hydrogens (primary N) is 1. The number of anilines is 1. The van der Waals surface area contributed by atoms with Crippen LogP contribution in [0.3, 0.4) is 0 Å². The van der Waals surface area contributed by atoms with Gasteiger partial charge in [0, 0.05) is 5.69 Å². The standard InChI is InChI=1S/C13H16F3NO3S/c14-13(15,16)11-8-10(6-7-12(11)17)21(18,19)20-9-4-2-1-3-5-9/h6-9H,1-5,17H2. The molecule has 1 aliphatic rings. The van der Waals surface area contributed by atoms with Gasteiger partial charge in [0.15, 0.2) is 0 Å². The zero-order valence-corrected chi connectivity index (χ0v) is 12.0. The number of halogens is 3. The second kappa shape index (κ2) is 5.84. The quantitative estimate of drug-likeness (QED) is 0.684. The smallest absolute Gasteiger partial charge is 0.398 e. The molecular formula is C13H16F3NO3S. The Labute approximate surface area is 121 Å². The van der Waals surface area contributed by atoms with Crippen LogP contribution in [-0.2, 0) is 20.5 Å². The second-order valence-corrected chi connectivity index (χ2v) is 6.63. The molecular weight excluding hydrogens is 307 g/mol. The summed E-state index contributed by atoms with van der Waals surface area (Å²) in [7, 11) is -4.22. The van der Waals surface area contributed by atoms with Crippen LogP contribution >= 0.6 is 0 Å².